The second-order valence-corrected chi connectivity index (χ2v) is 9.20. The van der Waals surface area contributed by atoms with Crippen molar-refractivity contribution in [1.29, 1.82) is 0 Å². The van der Waals surface area contributed by atoms with Crippen molar-refractivity contribution in [2.45, 2.75) is 45.1 Å². The molecule has 2 aliphatic carbocycles. The van der Waals surface area contributed by atoms with Crippen LogP contribution in [0.25, 0.3) is 17.2 Å². The van der Waals surface area contributed by atoms with Crippen LogP contribution >= 0.6 is 0 Å². The maximum atomic E-state index is 13.5. The molecule has 3 aliphatic rings. The molecule has 0 radical (unpaired) electrons. The fourth-order valence-corrected chi connectivity index (χ4v) is 6.04. The van der Waals surface area contributed by atoms with Crippen LogP contribution in [0.4, 0.5) is 4.39 Å². The Morgan fingerprint density at radius 3 is 2.80 bits per heavy atom. The van der Waals surface area contributed by atoms with Gasteiger partial charge in [-0.2, -0.15) is 0 Å². The molecule has 1 aromatic heterocycles. The van der Waals surface area contributed by atoms with Crippen molar-refractivity contribution in [3.63, 3.8) is 0 Å². The third kappa shape index (κ3) is 3.57. The lowest BCUT2D eigenvalue weighted by Gasteiger charge is -2.46. The smallest absolute Gasteiger partial charge is 0.309 e. The largest absolute Gasteiger partial charge is 0.462 e. The second-order valence-electron chi connectivity index (χ2n) is 9.20. The van der Waals surface area contributed by atoms with Gasteiger partial charge in [0, 0.05) is 17.7 Å². The first-order valence-electron chi connectivity index (χ1n) is 11.2. The number of aromatic nitrogens is 1. The topological polar surface area (TPSA) is 39.2 Å². The maximum Gasteiger partial charge on any atom is 0.309 e. The molecule has 1 aromatic carbocycles. The summed E-state index contributed by atoms with van der Waals surface area (Å²) in [5, 5.41) is 0. The fourth-order valence-electron chi connectivity index (χ4n) is 6.04. The van der Waals surface area contributed by atoms with Crippen LogP contribution < -0.4 is 0 Å². The number of pyridine rings is 1. The molecule has 30 heavy (non-hydrogen) atoms. The molecule has 5 rings (SSSR count). The van der Waals surface area contributed by atoms with E-state index in [1.807, 2.05) is 25.1 Å². The molecule has 6 unspecified atom stereocenters. The number of esters is 1. The fraction of sp³-hybridized carbons (Fsp3) is 0.462. The van der Waals surface area contributed by atoms with Gasteiger partial charge in [-0.1, -0.05) is 50.5 Å². The van der Waals surface area contributed by atoms with E-state index in [-0.39, 0.29) is 29.7 Å². The highest BCUT2D eigenvalue weighted by molar-refractivity contribution is 5.75. The van der Waals surface area contributed by atoms with Gasteiger partial charge >= 0.3 is 5.97 Å². The van der Waals surface area contributed by atoms with Crippen LogP contribution in [0.2, 0.25) is 0 Å². The molecule has 3 nitrogen and oxygen atoms in total. The van der Waals surface area contributed by atoms with Crippen LogP contribution in [0, 0.1) is 35.4 Å². The van der Waals surface area contributed by atoms with E-state index in [0.29, 0.717) is 17.8 Å². The van der Waals surface area contributed by atoms with Crippen molar-refractivity contribution in [3.8, 4) is 11.1 Å². The molecule has 2 heterocycles. The summed E-state index contributed by atoms with van der Waals surface area (Å²) in [6.45, 7) is 2.03. The second kappa shape index (κ2) is 7.98. The predicted octanol–water partition coefficient (Wildman–Crippen LogP) is 5.90. The number of carbonyl (C=O) groups is 1. The first kappa shape index (κ1) is 19.5. The highest BCUT2D eigenvalue weighted by Crippen LogP contribution is 2.52. The molecule has 0 amide bonds. The van der Waals surface area contributed by atoms with Gasteiger partial charge in [0.1, 0.15) is 11.9 Å². The third-order valence-electron chi connectivity index (χ3n) is 7.52. The molecule has 156 valence electrons. The number of allylic oxidation sites excluding steroid dienone is 1. The monoisotopic (exact) mass is 405 g/mol. The number of hydrogen-bond acceptors (Lipinski definition) is 3. The SMILES string of the molecule is CC1C(=O)OC2CC3CCCCC3C(/C=C/c3ccc(-c4cccc(F)c4)cn3)C21. The van der Waals surface area contributed by atoms with E-state index in [1.165, 1.54) is 37.8 Å². The van der Waals surface area contributed by atoms with Crippen LogP contribution in [0.5, 0.6) is 0 Å². The van der Waals surface area contributed by atoms with Gasteiger partial charge in [-0.3, -0.25) is 9.78 Å². The molecular formula is C26H28FNO2. The van der Waals surface area contributed by atoms with Crippen molar-refractivity contribution < 1.29 is 13.9 Å². The van der Waals surface area contributed by atoms with E-state index in [1.54, 1.807) is 12.3 Å². The summed E-state index contributed by atoms with van der Waals surface area (Å²) in [5.74, 6) is 1.64. The average Bonchev–Trinajstić information content (AvgIpc) is 3.05. The van der Waals surface area contributed by atoms with Crippen molar-refractivity contribution in [1.82, 2.24) is 4.98 Å². The molecule has 0 N–H and O–H groups in total. The minimum Gasteiger partial charge on any atom is -0.462 e. The van der Waals surface area contributed by atoms with E-state index >= 15 is 0 Å². The Hall–Kier alpha value is -2.49. The summed E-state index contributed by atoms with van der Waals surface area (Å²) in [7, 11) is 0. The van der Waals surface area contributed by atoms with Crippen LogP contribution in [0.1, 0.15) is 44.7 Å². The molecule has 2 aromatic rings. The van der Waals surface area contributed by atoms with E-state index in [4.69, 9.17) is 4.74 Å². The van der Waals surface area contributed by atoms with Gasteiger partial charge < -0.3 is 4.74 Å². The number of nitrogens with zero attached hydrogens (tertiary/aromatic N) is 1. The number of carbonyl (C=O) groups excluding carboxylic acids is 1. The zero-order valence-electron chi connectivity index (χ0n) is 17.3. The van der Waals surface area contributed by atoms with E-state index in [9.17, 15) is 9.18 Å². The summed E-state index contributed by atoms with van der Waals surface area (Å²) < 4.78 is 19.3. The first-order valence-corrected chi connectivity index (χ1v) is 11.2. The minimum atomic E-state index is -0.243. The molecule has 3 fully saturated rings. The first-order chi connectivity index (χ1) is 14.6. The van der Waals surface area contributed by atoms with Gasteiger partial charge in [-0.05, 0) is 60.4 Å². The quantitative estimate of drug-likeness (QED) is 0.597. The Morgan fingerprint density at radius 2 is 2.00 bits per heavy atom. The van der Waals surface area contributed by atoms with Gasteiger partial charge in [0.05, 0.1) is 11.6 Å². The highest BCUT2D eigenvalue weighted by Gasteiger charge is 2.53. The molecule has 6 atom stereocenters. The molecule has 4 heteroatoms. The Balaban J connectivity index is 1.39. The zero-order chi connectivity index (χ0) is 20.7. The van der Waals surface area contributed by atoms with E-state index < -0.39 is 0 Å². The number of benzene rings is 1. The Labute approximate surface area is 177 Å². The Kier molecular flexibility index (Phi) is 5.18. The van der Waals surface area contributed by atoms with E-state index in [0.717, 1.165) is 23.2 Å². The lowest BCUT2D eigenvalue weighted by atomic mass is 9.59. The third-order valence-corrected chi connectivity index (χ3v) is 7.52. The lowest BCUT2D eigenvalue weighted by molar-refractivity contribution is -0.145. The number of halogens is 1. The van der Waals surface area contributed by atoms with Gasteiger partial charge in [0.15, 0.2) is 0 Å². The lowest BCUT2D eigenvalue weighted by Crippen LogP contribution is -2.43. The maximum absolute atomic E-state index is 13.5. The van der Waals surface area contributed by atoms with Crippen LogP contribution in [-0.2, 0) is 9.53 Å². The van der Waals surface area contributed by atoms with E-state index in [2.05, 4.69) is 17.1 Å². The van der Waals surface area contributed by atoms with Crippen molar-refractivity contribution in [3.05, 3.63) is 60.2 Å². The van der Waals surface area contributed by atoms with Crippen LogP contribution in [-0.4, -0.2) is 17.1 Å². The molecule has 0 spiro atoms. The summed E-state index contributed by atoms with van der Waals surface area (Å²) >= 11 is 0. The average molecular weight is 406 g/mol. The van der Waals surface area contributed by atoms with Gasteiger partial charge in [-0.15, -0.1) is 0 Å². The van der Waals surface area contributed by atoms with Gasteiger partial charge in [0.25, 0.3) is 0 Å². The number of ether oxygens (including phenoxy) is 1. The number of rotatable bonds is 3. The molecule has 1 aliphatic heterocycles. The molecule has 1 saturated heterocycles. The Morgan fingerprint density at radius 1 is 1.13 bits per heavy atom. The number of hydrogen-bond donors (Lipinski definition) is 0. The van der Waals surface area contributed by atoms with Crippen LogP contribution in [0.3, 0.4) is 0 Å². The number of fused-ring (bicyclic) bond motifs is 2. The molecule has 2 saturated carbocycles. The predicted molar refractivity (Wildman–Crippen MR) is 115 cm³/mol. The van der Waals surface area contributed by atoms with Gasteiger partial charge in [0.2, 0.25) is 0 Å². The zero-order valence-corrected chi connectivity index (χ0v) is 17.3. The van der Waals surface area contributed by atoms with Gasteiger partial charge in [-0.25, -0.2) is 4.39 Å². The summed E-state index contributed by atoms with van der Waals surface area (Å²) in [6, 6.07) is 10.5. The summed E-state index contributed by atoms with van der Waals surface area (Å²) in [5.41, 5.74) is 2.62. The minimum absolute atomic E-state index is 0.0281. The van der Waals surface area contributed by atoms with Crippen molar-refractivity contribution in [2.24, 2.45) is 29.6 Å². The molecule has 0 bridgehead atoms. The summed E-state index contributed by atoms with van der Waals surface area (Å²) in [4.78, 5) is 16.9. The summed E-state index contributed by atoms with van der Waals surface area (Å²) in [6.07, 6.45) is 12.4. The molecular weight excluding hydrogens is 377 g/mol. The standard InChI is InChI=1S/C26H28FNO2/c1-16-25-23(22-8-3-2-5-18(22)14-24(25)30-26(16)29)12-11-21-10-9-19(15-28-21)17-6-4-7-20(27)13-17/h4,6-7,9-13,15-16,18,22-25H,2-3,5,8,14H2,1H3/b12-11+. The van der Waals surface area contributed by atoms with Crippen LogP contribution in [0.15, 0.2) is 48.7 Å². The van der Waals surface area contributed by atoms with Crippen molar-refractivity contribution in [2.75, 3.05) is 0 Å². The van der Waals surface area contributed by atoms with Crippen molar-refractivity contribution >= 4 is 12.0 Å². The highest BCUT2D eigenvalue weighted by atomic mass is 19.1. The Bertz CT molecular complexity index is 954. The normalized spacial score (nSPS) is 33.2.